The summed E-state index contributed by atoms with van der Waals surface area (Å²) in [5.74, 6) is 0.687. The molecule has 0 radical (unpaired) electrons. The van der Waals surface area contributed by atoms with Crippen LogP contribution in [0.25, 0.3) is 0 Å². The van der Waals surface area contributed by atoms with Gasteiger partial charge in [0.25, 0.3) is 5.22 Å². The molecule has 2 rings (SSSR count). The van der Waals surface area contributed by atoms with E-state index >= 15 is 0 Å². The molecule has 0 N–H and O–H groups in total. The van der Waals surface area contributed by atoms with Crippen LogP contribution in [0.1, 0.15) is 10.8 Å². The zero-order valence-corrected chi connectivity index (χ0v) is 8.69. The molecule has 5 heteroatoms. The Labute approximate surface area is 84.2 Å². The van der Waals surface area contributed by atoms with E-state index in [0.717, 1.165) is 6.42 Å². The summed E-state index contributed by atoms with van der Waals surface area (Å²) in [5, 5.41) is 10.5. The van der Waals surface area contributed by atoms with Gasteiger partial charge in [-0.1, -0.05) is 17.8 Å². The van der Waals surface area contributed by atoms with Crippen LogP contribution in [0.4, 0.5) is 0 Å². The highest BCUT2D eigenvalue weighted by Crippen LogP contribution is 2.17. The van der Waals surface area contributed by atoms with Crippen LogP contribution in [0, 0.1) is 0 Å². The molecule has 2 heterocycles. The molecule has 0 aliphatic heterocycles. The van der Waals surface area contributed by atoms with Gasteiger partial charge in [-0.2, -0.15) is 0 Å². The third-order valence-corrected chi connectivity index (χ3v) is 2.92. The summed E-state index contributed by atoms with van der Waals surface area (Å²) in [6.45, 7) is 0. The summed E-state index contributed by atoms with van der Waals surface area (Å²) in [7, 11) is 0. The number of thioether (sulfide) groups is 1. The van der Waals surface area contributed by atoms with Crippen molar-refractivity contribution in [3.05, 3.63) is 28.3 Å². The second-order valence-electron chi connectivity index (χ2n) is 2.42. The number of thiophene rings is 1. The van der Waals surface area contributed by atoms with Crippen molar-refractivity contribution in [3.8, 4) is 0 Å². The molecule has 0 atom stereocenters. The van der Waals surface area contributed by atoms with Gasteiger partial charge in [0.15, 0.2) is 0 Å². The monoisotopic (exact) mass is 212 g/mol. The summed E-state index contributed by atoms with van der Waals surface area (Å²) in [6.07, 6.45) is 2.66. The fourth-order valence-corrected chi connectivity index (χ4v) is 1.95. The molecule has 0 aliphatic rings. The van der Waals surface area contributed by atoms with E-state index in [1.54, 1.807) is 11.3 Å². The summed E-state index contributed by atoms with van der Waals surface area (Å²) >= 11 is 3.17. The number of hydrogen-bond acceptors (Lipinski definition) is 5. The molecule has 3 nitrogen and oxygen atoms in total. The normalized spacial score (nSPS) is 10.5. The van der Waals surface area contributed by atoms with Crippen LogP contribution in [-0.2, 0) is 6.42 Å². The first kappa shape index (κ1) is 8.77. The topological polar surface area (TPSA) is 38.9 Å². The number of rotatable bonds is 3. The predicted molar refractivity (Wildman–Crippen MR) is 53.2 cm³/mol. The minimum atomic E-state index is 0.631. The fourth-order valence-electron chi connectivity index (χ4n) is 0.954. The molecule has 0 aromatic carbocycles. The average Bonchev–Trinajstić information content (AvgIpc) is 2.76. The lowest BCUT2D eigenvalue weighted by Gasteiger charge is -1.88. The maximum atomic E-state index is 5.35. The molecule has 0 unspecified atom stereocenters. The van der Waals surface area contributed by atoms with Gasteiger partial charge in [0.1, 0.15) is 0 Å². The lowest BCUT2D eigenvalue weighted by atomic mass is 10.3. The molecule has 2 aromatic heterocycles. The van der Waals surface area contributed by atoms with Gasteiger partial charge in [-0.3, -0.25) is 0 Å². The van der Waals surface area contributed by atoms with Crippen molar-refractivity contribution in [2.24, 2.45) is 0 Å². The van der Waals surface area contributed by atoms with E-state index in [-0.39, 0.29) is 0 Å². The second kappa shape index (κ2) is 3.93. The number of aromatic nitrogens is 2. The third-order valence-electron chi connectivity index (χ3n) is 1.53. The van der Waals surface area contributed by atoms with Crippen molar-refractivity contribution >= 4 is 23.1 Å². The second-order valence-corrected chi connectivity index (χ2v) is 4.21. The zero-order chi connectivity index (χ0) is 9.10. The van der Waals surface area contributed by atoms with Gasteiger partial charge in [0, 0.05) is 4.88 Å². The van der Waals surface area contributed by atoms with Crippen LogP contribution in [0.5, 0.6) is 0 Å². The van der Waals surface area contributed by atoms with E-state index in [0.29, 0.717) is 11.1 Å². The molecular formula is C8H8N2OS2. The fraction of sp³-hybridized carbons (Fsp3) is 0.250. The Balaban J connectivity index is 2.10. The van der Waals surface area contributed by atoms with Crippen molar-refractivity contribution in [2.45, 2.75) is 11.6 Å². The Hall–Kier alpha value is -0.810. The molecule has 0 aliphatic carbocycles. The van der Waals surface area contributed by atoms with Gasteiger partial charge in [0.2, 0.25) is 5.89 Å². The van der Waals surface area contributed by atoms with Crippen molar-refractivity contribution in [3.63, 3.8) is 0 Å². The predicted octanol–water partition coefficient (Wildman–Crippen LogP) is 2.44. The summed E-state index contributed by atoms with van der Waals surface area (Å²) < 4.78 is 5.35. The SMILES string of the molecule is CSc1nnc(Cc2cccs2)o1. The maximum Gasteiger partial charge on any atom is 0.276 e. The highest BCUT2D eigenvalue weighted by molar-refractivity contribution is 7.98. The molecule has 68 valence electrons. The lowest BCUT2D eigenvalue weighted by Crippen LogP contribution is -1.83. The average molecular weight is 212 g/mol. The first-order valence-corrected chi connectivity index (χ1v) is 5.87. The third kappa shape index (κ3) is 2.10. The van der Waals surface area contributed by atoms with E-state index in [1.165, 1.54) is 16.6 Å². The molecule has 0 bridgehead atoms. The van der Waals surface area contributed by atoms with Crippen LogP contribution in [0.15, 0.2) is 27.2 Å². The van der Waals surface area contributed by atoms with Gasteiger partial charge in [-0.15, -0.1) is 21.5 Å². The summed E-state index contributed by atoms with van der Waals surface area (Å²) in [4.78, 5) is 1.25. The molecule has 0 saturated heterocycles. The minimum Gasteiger partial charge on any atom is -0.416 e. The molecule has 0 fully saturated rings. The van der Waals surface area contributed by atoms with Crippen LogP contribution < -0.4 is 0 Å². The Morgan fingerprint density at radius 1 is 1.54 bits per heavy atom. The van der Waals surface area contributed by atoms with Gasteiger partial charge < -0.3 is 4.42 Å². The maximum absolute atomic E-state index is 5.35. The molecular weight excluding hydrogens is 204 g/mol. The van der Waals surface area contributed by atoms with E-state index in [1.807, 2.05) is 17.7 Å². The summed E-state index contributed by atoms with van der Waals surface area (Å²) in [6, 6.07) is 4.08. The summed E-state index contributed by atoms with van der Waals surface area (Å²) in [5.41, 5.74) is 0. The highest BCUT2D eigenvalue weighted by atomic mass is 32.2. The van der Waals surface area contributed by atoms with Crippen LogP contribution >= 0.6 is 23.1 Å². The van der Waals surface area contributed by atoms with Crippen molar-refractivity contribution in [2.75, 3.05) is 6.26 Å². The van der Waals surface area contributed by atoms with Gasteiger partial charge >= 0.3 is 0 Å². The Bertz CT molecular complexity index is 369. The first-order chi connectivity index (χ1) is 6.38. The zero-order valence-electron chi connectivity index (χ0n) is 7.06. The van der Waals surface area contributed by atoms with Gasteiger partial charge in [-0.25, -0.2) is 0 Å². The van der Waals surface area contributed by atoms with E-state index in [9.17, 15) is 0 Å². The van der Waals surface area contributed by atoms with Crippen molar-refractivity contribution in [1.82, 2.24) is 10.2 Å². The number of hydrogen-bond donors (Lipinski definition) is 0. The van der Waals surface area contributed by atoms with Gasteiger partial charge in [0.05, 0.1) is 6.42 Å². The minimum absolute atomic E-state index is 0.631. The van der Waals surface area contributed by atoms with Crippen molar-refractivity contribution in [1.29, 1.82) is 0 Å². The Morgan fingerprint density at radius 3 is 3.08 bits per heavy atom. The number of nitrogens with zero attached hydrogens (tertiary/aromatic N) is 2. The van der Waals surface area contributed by atoms with Crippen LogP contribution in [0.2, 0.25) is 0 Å². The van der Waals surface area contributed by atoms with Crippen LogP contribution in [0.3, 0.4) is 0 Å². The molecule has 13 heavy (non-hydrogen) atoms. The Kier molecular flexibility index (Phi) is 2.65. The standard InChI is InChI=1S/C8H8N2OS2/c1-12-8-10-9-7(11-8)5-6-3-2-4-13-6/h2-4H,5H2,1H3. The molecule has 0 saturated carbocycles. The van der Waals surface area contributed by atoms with Gasteiger partial charge in [-0.05, 0) is 17.7 Å². The first-order valence-electron chi connectivity index (χ1n) is 3.77. The lowest BCUT2D eigenvalue weighted by molar-refractivity contribution is 0.421. The molecule has 0 amide bonds. The highest BCUT2D eigenvalue weighted by Gasteiger charge is 2.05. The molecule has 2 aromatic rings. The largest absolute Gasteiger partial charge is 0.416 e. The smallest absolute Gasteiger partial charge is 0.276 e. The van der Waals surface area contributed by atoms with Crippen molar-refractivity contribution < 1.29 is 4.42 Å². The van der Waals surface area contributed by atoms with E-state index in [2.05, 4.69) is 16.3 Å². The van der Waals surface area contributed by atoms with E-state index in [4.69, 9.17) is 4.42 Å². The molecule has 0 spiro atoms. The quantitative estimate of drug-likeness (QED) is 0.732. The van der Waals surface area contributed by atoms with E-state index < -0.39 is 0 Å². The van der Waals surface area contributed by atoms with Crippen LogP contribution in [-0.4, -0.2) is 16.5 Å². The Morgan fingerprint density at radius 2 is 2.46 bits per heavy atom.